The van der Waals surface area contributed by atoms with Crippen LogP contribution in [0.2, 0.25) is 10.0 Å². The molecule has 1 aliphatic rings. The first-order valence-corrected chi connectivity index (χ1v) is 11.2. The zero-order valence-corrected chi connectivity index (χ0v) is 19.3. The van der Waals surface area contributed by atoms with Crippen molar-refractivity contribution < 1.29 is 27.1 Å². The Balaban J connectivity index is 1.53. The lowest BCUT2D eigenvalue weighted by Crippen LogP contribution is -2.40. The minimum absolute atomic E-state index is 0.0203. The number of aromatic nitrogens is 2. The second-order valence-electron chi connectivity index (χ2n) is 8.09. The number of hydrogen-bond donors (Lipinski definition) is 3. The molecule has 2 aromatic carbocycles. The van der Waals surface area contributed by atoms with E-state index >= 15 is 0 Å². The average Bonchev–Trinajstić information content (AvgIpc) is 3.16. The molecule has 182 valence electrons. The highest BCUT2D eigenvalue weighted by Crippen LogP contribution is 2.38. The summed E-state index contributed by atoms with van der Waals surface area (Å²) in [5, 5.41) is 5.82. The number of halogens is 6. The van der Waals surface area contributed by atoms with Crippen LogP contribution in [0.15, 0.2) is 24.3 Å². The number of rotatable bonds is 5. The van der Waals surface area contributed by atoms with Crippen LogP contribution in [0.4, 0.5) is 29.2 Å². The minimum atomic E-state index is -4.21. The van der Waals surface area contributed by atoms with E-state index in [1.54, 1.807) is 6.07 Å². The maximum atomic E-state index is 13.4. The molecule has 0 aliphatic heterocycles. The molecule has 0 bridgehead atoms. The van der Waals surface area contributed by atoms with Gasteiger partial charge >= 0.3 is 6.18 Å². The molecule has 34 heavy (non-hydrogen) atoms. The maximum Gasteiger partial charge on any atom is 0.391 e. The Morgan fingerprint density at radius 1 is 1.12 bits per heavy atom. The van der Waals surface area contributed by atoms with Gasteiger partial charge in [-0.1, -0.05) is 23.2 Å². The predicted molar refractivity (Wildman–Crippen MR) is 122 cm³/mol. The molecular weight excluding hydrogens is 499 g/mol. The topological polar surface area (TPSA) is 79.0 Å². The van der Waals surface area contributed by atoms with Crippen LogP contribution in [-0.4, -0.2) is 35.2 Å². The third-order valence-corrected chi connectivity index (χ3v) is 6.42. The Labute approximate surface area is 202 Å². The number of fused-ring (bicyclic) bond motifs is 1. The molecule has 1 fully saturated rings. The summed E-state index contributed by atoms with van der Waals surface area (Å²) in [5.74, 6) is -1.86. The van der Waals surface area contributed by atoms with Crippen molar-refractivity contribution in [1.82, 2.24) is 15.3 Å². The van der Waals surface area contributed by atoms with Gasteiger partial charge in [0.15, 0.2) is 0 Å². The van der Waals surface area contributed by atoms with Crippen molar-refractivity contribution in [2.45, 2.75) is 37.9 Å². The molecule has 1 aliphatic carbocycles. The third kappa shape index (κ3) is 5.17. The second kappa shape index (κ2) is 9.50. The molecule has 0 atom stereocenters. The van der Waals surface area contributed by atoms with Crippen LogP contribution in [0, 0.1) is 11.7 Å². The molecular formula is C22H20Cl2F4N4O2. The first-order chi connectivity index (χ1) is 16.0. The van der Waals surface area contributed by atoms with Crippen molar-refractivity contribution >= 4 is 51.8 Å². The normalized spacial score (nSPS) is 18.7. The molecule has 1 heterocycles. The van der Waals surface area contributed by atoms with Gasteiger partial charge in [-0.15, -0.1) is 0 Å². The smallest absolute Gasteiger partial charge is 0.391 e. The van der Waals surface area contributed by atoms with Gasteiger partial charge in [0.25, 0.3) is 5.91 Å². The summed E-state index contributed by atoms with van der Waals surface area (Å²) in [6.45, 7) is 0. The van der Waals surface area contributed by atoms with Gasteiger partial charge in [0.05, 0.1) is 45.4 Å². The van der Waals surface area contributed by atoms with E-state index in [1.807, 2.05) is 0 Å². The summed E-state index contributed by atoms with van der Waals surface area (Å²) in [6, 6.07) is 4.95. The van der Waals surface area contributed by atoms with Crippen molar-refractivity contribution in [3.8, 4) is 5.75 Å². The van der Waals surface area contributed by atoms with E-state index in [0.717, 1.165) is 12.1 Å². The van der Waals surface area contributed by atoms with Crippen LogP contribution >= 0.6 is 23.2 Å². The zero-order valence-electron chi connectivity index (χ0n) is 17.8. The maximum absolute atomic E-state index is 13.4. The lowest BCUT2D eigenvalue weighted by Gasteiger charge is -2.30. The number of hydrogen-bond acceptors (Lipinski definition) is 4. The van der Waals surface area contributed by atoms with Crippen molar-refractivity contribution in [3.05, 3.63) is 45.7 Å². The number of nitrogens with one attached hydrogen (secondary N) is 3. The highest BCUT2D eigenvalue weighted by atomic mass is 35.5. The number of benzene rings is 2. The fourth-order valence-electron chi connectivity index (χ4n) is 4.05. The van der Waals surface area contributed by atoms with Crippen LogP contribution in [0.5, 0.6) is 5.75 Å². The Bertz CT molecular complexity index is 1200. The standard InChI is InChI=1S/C22H20Cl2F4N4O2/c1-34-18-9-17-16(30-21(31-17)32-19-14(23)6-11(25)7-15(19)24)8-13(18)20(33)29-12-4-2-10(3-5-12)22(26,27)28/h6-10,12H,2-5H2,1H3,(H,29,33)(H2,30,31,32). The quantitative estimate of drug-likeness (QED) is 0.332. The molecule has 4 rings (SSSR count). The number of imidazole rings is 1. The zero-order chi connectivity index (χ0) is 24.6. The van der Waals surface area contributed by atoms with E-state index < -0.39 is 23.8 Å². The van der Waals surface area contributed by atoms with Gasteiger partial charge in [-0.25, -0.2) is 9.37 Å². The van der Waals surface area contributed by atoms with Crippen LogP contribution in [0.25, 0.3) is 11.0 Å². The largest absolute Gasteiger partial charge is 0.496 e. The Morgan fingerprint density at radius 3 is 2.35 bits per heavy atom. The molecule has 12 heteroatoms. The number of nitrogens with zero attached hydrogens (tertiary/aromatic N) is 1. The molecule has 6 nitrogen and oxygen atoms in total. The lowest BCUT2D eigenvalue weighted by atomic mass is 9.85. The number of anilines is 2. The van der Waals surface area contributed by atoms with Crippen molar-refractivity contribution in [1.29, 1.82) is 0 Å². The van der Waals surface area contributed by atoms with Gasteiger partial charge in [0, 0.05) is 12.1 Å². The molecule has 3 aromatic rings. The van der Waals surface area contributed by atoms with Gasteiger partial charge in [-0.2, -0.15) is 13.2 Å². The van der Waals surface area contributed by atoms with Gasteiger partial charge < -0.3 is 20.4 Å². The molecule has 0 unspecified atom stereocenters. The number of aromatic amines is 1. The molecule has 1 saturated carbocycles. The van der Waals surface area contributed by atoms with E-state index in [1.165, 1.54) is 13.2 Å². The molecule has 0 spiro atoms. The monoisotopic (exact) mass is 518 g/mol. The molecule has 1 aromatic heterocycles. The van der Waals surface area contributed by atoms with E-state index in [4.69, 9.17) is 27.9 Å². The second-order valence-corrected chi connectivity index (χ2v) is 8.90. The van der Waals surface area contributed by atoms with Crippen LogP contribution in [0.1, 0.15) is 36.0 Å². The van der Waals surface area contributed by atoms with E-state index in [0.29, 0.717) is 11.0 Å². The number of H-pyrrole nitrogens is 1. The number of carbonyl (C=O) groups is 1. The van der Waals surface area contributed by atoms with Crippen molar-refractivity contribution in [3.63, 3.8) is 0 Å². The Hall–Kier alpha value is -2.72. The minimum Gasteiger partial charge on any atom is -0.496 e. The van der Waals surface area contributed by atoms with Crippen LogP contribution < -0.4 is 15.4 Å². The first kappa shape index (κ1) is 24.4. The number of methoxy groups -OCH3 is 1. The predicted octanol–water partition coefficient (Wildman–Crippen LogP) is 6.61. The van der Waals surface area contributed by atoms with Gasteiger partial charge in [0.2, 0.25) is 5.95 Å². The van der Waals surface area contributed by atoms with Crippen LogP contribution in [-0.2, 0) is 0 Å². The Kier molecular flexibility index (Phi) is 6.82. The summed E-state index contributed by atoms with van der Waals surface area (Å²) in [6.07, 6.45) is -3.76. The van der Waals surface area contributed by atoms with Gasteiger partial charge in [0.1, 0.15) is 11.6 Å². The summed E-state index contributed by atoms with van der Waals surface area (Å²) >= 11 is 12.1. The molecule has 1 amide bonds. The number of alkyl halides is 3. The average molecular weight is 519 g/mol. The van der Waals surface area contributed by atoms with E-state index in [2.05, 4.69) is 20.6 Å². The summed E-state index contributed by atoms with van der Waals surface area (Å²) in [5.41, 5.74) is 1.41. The first-order valence-electron chi connectivity index (χ1n) is 10.4. The fraction of sp³-hybridized carbons (Fsp3) is 0.364. The summed E-state index contributed by atoms with van der Waals surface area (Å²) < 4.78 is 57.5. The highest BCUT2D eigenvalue weighted by molar-refractivity contribution is 6.39. The van der Waals surface area contributed by atoms with Gasteiger partial charge in [-0.05, 0) is 43.9 Å². The number of amides is 1. The lowest BCUT2D eigenvalue weighted by molar-refractivity contribution is -0.182. The number of ether oxygens (including phenoxy) is 1. The van der Waals surface area contributed by atoms with Gasteiger partial charge in [-0.3, -0.25) is 4.79 Å². The number of carbonyl (C=O) groups excluding carboxylic acids is 1. The molecule has 3 N–H and O–H groups in total. The Morgan fingerprint density at radius 2 is 1.76 bits per heavy atom. The van der Waals surface area contributed by atoms with Crippen LogP contribution in [0.3, 0.4) is 0 Å². The molecule has 0 saturated heterocycles. The summed E-state index contributed by atoms with van der Waals surface area (Å²) in [7, 11) is 1.40. The SMILES string of the molecule is COc1cc2[nH]c(Nc3c(Cl)cc(F)cc3Cl)nc2cc1C(=O)NC1CCC(C(F)(F)F)CC1. The highest BCUT2D eigenvalue weighted by Gasteiger charge is 2.41. The van der Waals surface area contributed by atoms with Crippen molar-refractivity contribution in [2.75, 3.05) is 12.4 Å². The summed E-state index contributed by atoms with van der Waals surface area (Å²) in [4.78, 5) is 20.3. The molecule has 0 radical (unpaired) electrons. The van der Waals surface area contributed by atoms with E-state index in [-0.39, 0.29) is 64.7 Å². The van der Waals surface area contributed by atoms with E-state index in [9.17, 15) is 22.4 Å². The third-order valence-electron chi connectivity index (χ3n) is 5.82. The fourth-order valence-corrected chi connectivity index (χ4v) is 4.61. The van der Waals surface area contributed by atoms with Crippen molar-refractivity contribution in [2.24, 2.45) is 5.92 Å².